The summed E-state index contributed by atoms with van der Waals surface area (Å²) in [6, 6.07) is 17.3. The normalized spacial score (nSPS) is 13.5. The van der Waals surface area contributed by atoms with Gasteiger partial charge in [-0.25, -0.2) is 13.4 Å². The SMILES string of the molecule is Cc1nn(Cc2ncc(-c3ccccc3)o2)c(C)c1S(=O)(=O)N1CCc2ccccc21. The zero-order chi connectivity index (χ0) is 21.6. The predicted molar refractivity (Wildman–Crippen MR) is 117 cm³/mol. The minimum atomic E-state index is -3.72. The van der Waals surface area contributed by atoms with E-state index in [-0.39, 0.29) is 11.4 Å². The van der Waals surface area contributed by atoms with E-state index >= 15 is 0 Å². The Bertz CT molecular complexity index is 1360. The van der Waals surface area contributed by atoms with Crippen molar-refractivity contribution in [2.75, 3.05) is 10.8 Å². The second-order valence-corrected chi connectivity index (χ2v) is 9.40. The Balaban J connectivity index is 1.46. The van der Waals surface area contributed by atoms with E-state index in [0.29, 0.717) is 36.0 Å². The van der Waals surface area contributed by atoms with E-state index in [4.69, 9.17) is 4.42 Å². The molecule has 7 nitrogen and oxygen atoms in total. The second kappa shape index (κ2) is 7.39. The number of oxazole rings is 1. The number of anilines is 1. The van der Waals surface area contributed by atoms with E-state index in [9.17, 15) is 8.42 Å². The van der Waals surface area contributed by atoms with Crippen LogP contribution >= 0.6 is 0 Å². The van der Waals surface area contributed by atoms with Crippen molar-refractivity contribution in [1.82, 2.24) is 14.8 Å². The molecule has 4 aromatic rings. The molecule has 3 heterocycles. The van der Waals surface area contributed by atoms with Crippen LogP contribution in [0.15, 0.2) is 70.1 Å². The van der Waals surface area contributed by atoms with Crippen LogP contribution in [0.25, 0.3) is 11.3 Å². The van der Waals surface area contributed by atoms with Crippen LogP contribution in [-0.4, -0.2) is 29.7 Å². The predicted octanol–water partition coefficient (Wildman–Crippen LogP) is 3.95. The lowest BCUT2D eigenvalue weighted by atomic mass is 10.2. The number of sulfonamides is 1. The van der Waals surface area contributed by atoms with Crippen molar-refractivity contribution >= 4 is 15.7 Å². The van der Waals surface area contributed by atoms with E-state index in [1.165, 1.54) is 4.31 Å². The number of hydrogen-bond donors (Lipinski definition) is 0. The third-order valence-corrected chi connectivity index (χ3v) is 7.67. The van der Waals surface area contributed by atoms with E-state index in [1.807, 2.05) is 54.6 Å². The molecular formula is C23H22N4O3S. The largest absolute Gasteiger partial charge is 0.439 e. The summed E-state index contributed by atoms with van der Waals surface area (Å²) in [5, 5.41) is 4.49. The summed E-state index contributed by atoms with van der Waals surface area (Å²) in [5.41, 5.74) is 3.76. The average molecular weight is 435 g/mol. The van der Waals surface area contributed by atoms with Crippen LogP contribution in [0.1, 0.15) is 22.8 Å². The maximum Gasteiger partial charge on any atom is 0.268 e. The van der Waals surface area contributed by atoms with Gasteiger partial charge in [-0.2, -0.15) is 5.10 Å². The van der Waals surface area contributed by atoms with Crippen molar-refractivity contribution in [2.45, 2.75) is 31.7 Å². The molecule has 2 aromatic heterocycles. The molecule has 0 saturated carbocycles. The molecule has 8 heteroatoms. The Labute approximate surface area is 181 Å². The van der Waals surface area contributed by atoms with Crippen molar-refractivity contribution in [3.63, 3.8) is 0 Å². The third-order valence-electron chi connectivity index (χ3n) is 5.60. The molecule has 0 aliphatic carbocycles. The molecule has 0 N–H and O–H groups in total. The first-order valence-electron chi connectivity index (χ1n) is 10.1. The van der Waals surface area contributed by atoms with Crippen LogP contribution in [0, 0.1) is 13.8 Å². The summed E-state index contributed by atoms with van der Waals surface area (Å²) >= 11 is 0. The number of para-hydroxylation sites is 1. The molecule has 31 heavy (non-hydrogen) atoms. The number of benzene rings is 2. The highest BCUT2D eigenvalue weighted by molar-refractivity contribution is 7.93. The van der Waals surface area contributed by atoms with Crippen molar-refractivity contribution in [1.29, 1.82) is 0 Å². The Morgan fingerprint density at radius 3 is 2.58 bits per heavy atom. The molecule has 0 bridgehead atoms. The molecule has 2 aromatic carbocycles. The van der Waals surface area contributed by atoms with Crippen LogP contribution in [0.3, 0.4) is 0 Å². The van der Waals surface area contributed by atoms with Gasteiger partial charge in [0.25, 0.3) is 10.0 Å². The van der Waals surface area contributed by atoms with E-state index in [2.05, 4.69) is 10.1 Å². The van der Waals surface area contributed by atoms with Gasteiger partial charge in [0.2, 0.25) is 5.89 Å². The molecule has 1 aliphatic rings. The lowest BCUT2D eigenvalue weighted by Crippen LogP contribution is -2.30. The van der Waals surface area contributed by atoms with Gasteiger partial charge in [-0.15, -0.1) is 0 Å². The monoisotopic (exact) mass is 434 g/mol. The van der Waals surface area contributed by atoms with Crippen molar-refractivity contribution < 1.29 is 12.8 Å². The molecule has 0 fully saturated rings. The molecule has 0 radical (unpaired) electrons. The van der Waals surface area contributed by atoms with E-state index in [0.717, 1.165) is 16.8 Å². The molecule has 5 rings (SSSR count). The number of fused-ring (bicyclic) bond motifs is 1. The van der Waals surface area contributed by atoms with Crippen molar-refractivity contribution in [2.24, 2.45) is 0 Å². The molecule has 0 saturated heterocycles. The zero-order valence-electron chi connectivity index (χ0n) is 17.3. The number of aromatic nitrogens is 3. The summed E-state index contributed by atoms with van der Waals surface area (Å²) in [7, 11) is -3.72. The third kappa shape index (κ3) is 3.33. The summed E-state index contributed by atoms with van der Waals surface area (Å²) in [4.78, 5) is 4.60. The van der Waals surface area contributed by atoms with Gasteiger partial charge < -0.3 is 4.42 Å². The molecular weight excluding hydrogens is 412 g/mol. The van der Waals surface area contributed by atoms with Gasteiger partial charge in [0.15, 0.2) is 5.76 Å². The number of rotatable bonds is 5. The molecule has 1 aliphatic heterocycles. The minimum Gasteiger partial charge on any atom is -0.439 e. The lowest BCUT2D eigenvalue weighted by Gasteiger charge is -2.19. The Morgan fingerprint density at radius 2 is 1.77 bits per heavy atom. The highest BCUT2D eigenvalue weighted by Gasteiger charge is 2.35. The maximum atomic E-state index is 13.5. The smallest absolute Gasteiger partial charge is 0.268 e. The van der Waals surface area contributed by atoms with Gasteiger partial charge in [-0.1, -0.05) is 48.5 Å². The fourth-order valence-corrected chi connectivity index (χ4v) is 6.00. The summed E-state index contributed by atoms with van der Waals surface area (Å²) < 4.78 is 36.1. The molecule has 0 spiro atoms. The first kappa shape index (κ1) is 19.6. The molecule has 158 valence electrons. The van der Waals surface area contributed by atoms with E-state index in [1.54, 1.807) is 24.7 Å². The van der Waals surface area contributed by atoms with Gasteiger partial charge in [-0.05, 0) is 31.9 Å². The topological polar surface area (TPSA) is 81.2 Å². The Kier molecular flexibility index (Phi) is 4.66. The Hall–Kier alpha value is -3.39. The van der Waals surface area contributed by atoms with Crippen LogP contribution in [-0.2, 0) is 23.0 Å². The second-order valence-electron chi connectivity index (χ2n) is 7.60. The van der Waals surface area contributed by atoms with Gasteiger partial charge >= 0.3 is 0 Å². The highest BCUT2D eigenvalue weighted by Crippen LogP contribution is 2.34. The first-order valence-corrected chi connectivity index (χ1v) is 11.5. The standard InChI is InChI=1S/C23H22N4O3S/c1-16-23(31(28,29)27-13-12-18-8-6-7-11-20(18)27)17(2)26(25-16)15-22-24-14-21(30-22)19-9-4-3-5-10-19/h3-11,14H,12-13,15H2,1-2H3. The fourth-order valence-electron chi connectivity index (χ4n) is 4.12. The molecule has 0 amide bonds. The number of nitrogens with zero attached hydrogens (tertiary/aromatic N) is 4. The summed E-state index contributed by atoms with van der Waals surface area (Å²) in [5.74, 6) is 1.14. The first-order chi connectivity index (χ1) is 14.9. The lowest BCUT2D eigenvalue weighted by molar-refractivity contribution is 0.469. The average Bonchev–Trinajstić information content (AvgIpc) is 3.47. The summed E-state index contributed by atoms with van der Waals surface area (Å²) in [6.07, 6.45) is 2.38. The quantitative estimate of drug-likeness (QED) is 0.475. The highest BCUT2D eigenvalue weighted by atomic mass is 32.2. The summed E-state index contributed by atoms with van der Waals surface area (Å²) in [6.45, 7) is 4.19. The molecule has 0 atom stereocenters. The minimum absolute atomic E-state index is 0.249. The Morgan fingerprint density at radius 1 is 1.03 bits per heavy atom. The van der Waals surface area contributed by atoms with Crippen molar-refractivity contribution in [3.8, 4) is 11.3 Å². The van der Waals surface area contributed by atoms with Gasteiger partial charge in [0, 0.05) is 12.1 Å². The maximum absolute atomic E-state index is 13.5. The number of hydrogen-bond acceptors (Lipinski definition) is 5. The van der Waals surface area contributed by atoms with Gasteiger partial charge in [0.1, 0.15) is 11.4 Å². The van der Waals surface area contributed by atoms with Crippen LogP contribution in [0.5, 0.6) is 0 Å². The fraction of sp³-hybridized carbons (Fsp3) is 0.217. The van der Waals surface area contributed by atoms with Gasteiger partial charge in [0.05, 0.1) is 23.3 Å². The van der Waals surface area contributed by atoms with Crippen LogP contribution < -0.4 is 4.31 Å². The van der Waals surface area contributed by atoms with Gasteiger partial charge in [-0.3, -0.25) is 8.99 Å². The van der Waals surface area contributed by atoms with Crippen LogP contribution in [0.4, 0.5) is 5.69 Å². The molecule has 0 unspecified atom stereocenters. The van der Waals surface area contributed by atoms with E-state index < -0.39 is 10.0 Å². The van der Waals surface area contributed by atoms with Crippen molar-refractivity contribution in [3.05, 3.63) is 83.6 Å². The van der Waals surface area contributed by atoms with Crippen LogP contribution in [0.2, 0.25) is 0 Å². The zero-order valence-corrected chi connectivity index (χ0v) is 18.1. The number of aryl methyl sites for hydroxylation is 1.